The summed E-state index contributed by atoms with van der Waals surface area (Å²) in [7, 11) is 1.27. The fourth-order valence-electron chi connectivity index (χ4n) is 2.31. The maximum absolute atomic E-state index is 12.5. The van der Waals surface area contributed by atoms with Gasteiger partial charge in [0.25, 0.3) is 5.91 Å². The first kappa shape index (κ1) is 19.8. The minimum Gasteiger partial charge on any atom is -0.464 e. The van der Waals surface area contributed by atoms with Crippen molar-refractivity contribution in [2.24, 2.45) is 0 Å². The first-order chi connectivity index (χ1) is 13.0. The van der Waals surface area contributed by atoms with Crippen LogP contribution in [0.1, 0.15) is 35.3 Å². The number of nitrogens with one attached hydrogen (secondary N) is 2. The minimum absolute atomic E-state index is 0.0947. The van der Waals surface area contributed by atoms with Crippen molar-refractivity contribution in [2.45, 2.75) is 13.8 Å². The Hall–Kier alpha value is -3.52. The molecule has 2 aromatic rings. The summed E-state index contributed by atoms with van der Waals surface area (Å²) < 4.78 is 4.74. The van der Waals surface area contributed by atoms with Crippen molar-refractivity contribution in [3.8, 4) is 11.8 Å². The molecule has 5 nitrogen and oxygen atoms in total. The lowest BCUT2D eigenvalue weighted by Gasteiger charge is -2.13. The van der Waals surface area contributed by atoms with E-state index in [0.717, 1.165) is 11.1 Å². The van der Waals surface area contributed by atoms with Crippen LogP contribution in [0.25, 0.3) is 0 Å². The number of esters is 1. The van der Waals surface area contributed by atoms with Gasteiger partial charge in [-0.25, -0.2) is 4.79 Å². The highest BCUT2D eigenvalue weighted by Crippen LogP contribution is 2.07. The quantitative estimate of drug-likeness (QED) is 0.488. The summed E-state index contributed by atoms with van der Waals surface area (Å²) in [6.07, 6.45) is 0. The summed E-state index contributed by atoms with van der Waals surface area (Å²) in [6, 6.07) is 16.5. The predicted octanol–water partition coefficient (Wildman–Crippen LogP) is 2.83. The van der Waals surface area contributed by atoms with Crippen LogP contribution in [0.15, 0.2) is 66.0 Å². The molecule has 1 amide bonds. The Kier molecular flexibility index (Phi) is 7.21. The van der Waals surface area contributed by atoms with E-state index in [9.17, 15) is 9.59 Å². The molecule has 0 heterocycles. The van der Waals surface area contributed by atoms with E-state index in [1.165, 1.54) is 7.11 Å². The van der Waals surface area contributed by atoms with Crippen LogP contribution in [0.4, 0.5) is 0 Å². The van der Waals surface area contributed by atoms with E-state index in [1.807, 2.05) is 37.3 Å². The number of ether oxygens (including phenoxy) is 1. The van der Waals surface area contributed by atoms with E-state index in [4.69, 9.17) is 4.74 Å². The Morgan fingerprint density at radius 2 is 1.56 bits per heavy atom. The van der Waals surface area contributed by atoms with Gasteiger partial charge in [0.15, 0.2) is 0 Å². The van der Waals surface area contributed by atoms with Gasteiger partial charge in [-0.05, 0) is 50.2 Å². The minimum atomic E-state index is -0.604. The molecular formula is C22H22N2O3. The van der Waals surface area contributed by atoms with E-state index in [0.29, 0.717) is 17.8 Å². The lowest BCUT2D eigenvalue weighted by atomic mass is 10.1. The van der Waals surface area contributed by atoms with Gasteiger partial charge < -0.3 is 15.4 Å². The SMILES string of the molecule is CCNC(C)=C(NC(=O)c1ccc(C#Cc2ccccc2)cc1)C(=O)OC. The highest BCUT2D eigenvalue weighted by Gasteiger charge is 2.17. The van der Waals surface area contributed by atoms with E-state index >= 15 is 0 Å². The van der Waals surface area contributed by atoms with Crippen LogP contribution in [0.2, 0.25) is 0 Å². The molecule has 0 bridgehead atoms. The van der Waals surface area contributed by atoms with Crippen LogP contribution in [0, 0.1) is 11.8 Å². The van der Waals surface area contributed by atoms with Crippen LogP contribution in [0.5, 0.6) is 0 Å². The van der Waals surface area contributed by atoms with Crippen molar-refractivity contribution >= 4 is 11.9 Å². The highest BCUT2D eigenvalue weighted by molar-refractivity contribution is 6.01. The smallest absolute Gasteiger partial charge is 0.356 e. The van der Waals surface area contributed by atoms with Gasteiger partial charge in [-0.3, -0.25) is 4.79 Å². The summed E-state index contributed by atoms with van der Waals surface area (Å²) in [4.78, 5) is 24.4. The zero-order valence-corrected chi connectivity index (χ0v) is 15.6. The van der Waals surface area contributed by atoms with Gasteiger partial charge in [0.05, 0.1) is 7.11 Å². The topological polar surface area (TPSA) is 67.4 Å². The third kappa shape index (κ3) is 5.75. The monoisotopic (exact) mass is 362 g/mol. The van der Waals surface area contributed by atoms with Crippen LogP contribution in [-0.2, 0) is 9.53 Å². The van der Waals surface area contributed by atoms with Crippen molar-refractivity contribution in [1.82, 2.24) is 10.6 Å². The number of allylic oxidation sites excluding steroid dienone is 1. The molecule has 0 aliphatic rings. The number of methoxy groups -OCH3 is 1. The van der Waals surface area contributed by atoms with E-state index in [2.05, 4.69) is 22.5 Å². The highest BCUT2D eigenvalue weighted by atomic mass is 16.5. The number of amides is 1. The van der Waals surface area contributed by atoms with E-state index in [1.54, 1.807) is 31.2 Å². The largest absolute Gasteiger partial charge is 0.464 e. The Morgan fingerprint density at radius 1 is 0.963 bits per heavy atom. The molecule has 27 heavy (non-hydrogen) atoms. The Balaban J connectivity index is 2.14. The second-order valence-electron chi connectivity index (χ2n) is 5.67. The normalized spacial score (nSPS) is 10.8. The van der Waals surface area contributed by atoms with E-state index in [-0.39, 0.29) is 5.70 Å². The van der Waals surface area contributed by atoms with Gasteiger partial charge in [-0.15, -0.1) is 0 Å². The molecule has 2 rings (SSSR count). The fourth-order valence-corrected chi connectivity index (χ4v) is 2.31. The van der Waals surface area contributed by atoms with Gasteiger partial charge >= 0.3 is 5.97 Å². The molecule has 0 fully saturated rings. The lowest BCUT2D eigenvalue weighted by molar-refractivity contribution is -0.136. The molecule has 0 aromatic heterocycles. The average Bonchev–Trinajstić information content (AvgIpc) is 2.71. The second kappa shape index (κ2) is 9.83. The third-order valence-corrected chi connectivity index (χ3v) is 3.72. The summed E-state index contributed by atoms with van der Waals surface area (Å²) in [5, 5.41) is 5.62. The van der Waals surface area contributed by atoms with Crippen molar-refractivity contribution < 1.29 is 14.3 Å². The molecule has 0 unspecified atom stereocenters. The van der Waals surface area contributed by atoms with Gasteiger partial charge in [0, 0.05) is 28.9 Å². The lowest BCUT2D eigenvalue weighted by Crippen LogP contribution is -2.32. The van der Waals surface area contributed by atoms with Crippen LogP contribution >= 0.6 is 0 Å². The molecule has 0 aliphatic carbocycles. The maximum Gasteiger partial charge on any atom is 0.356 e. The fraction of sp³-hybridized carbons (Fsp3) is 0.182. The zero-order valence-electron chi connectivity index (χ0n) is 15.6. The molecule has 0 saturated carbocycles. The molecule has 0 saturated heterocycles. The van der Waals surface area contributed by atoms with Gasteiger partial charge in [0.1, 0.15) is 5.70 Å². The predicted molar refractivity (Wildman–Crippen MR) is 105 cm³/mol. The number of carbonyl (C=O) groups excluding carboxylic acids is 2. The third-order valence-electron chi connectivity index (χ3n) is 3.72. The molecular weight excluding hydrogens is 340 g/mol. The van der Waals surface area contributed by atoms with Crippen molar-refractivity contribution in [3.63, 3.8) is 0 Å². The van der Waals surface area contributed by atoms with Crippen LogP contribution in [-0.4, -0.2) is 25.5 Å². The maximum atomic E-state index is 12.5. The second-order valence-corrected chi connectivity index (χ2v) is 5.67. The van der Waals surface area contributed by atoms with Crippen LogP contribution in [0.3, 0.4) is 0 Å². The van der Waals surface area contributed by atoms with Crippen molar-refractivity contribution in [2.75, 3.05) is 13.7 Å². The number of benzene rings is 2. The first-order valence-electron chi connectivity index (χ1n) is 8.56. The number of carbonyl (C=O) groups is 2. The number of hydrogen-bond acceptors (Lipinski definition) is 4. The Bertz CT molecular complexity index is 889. The summed E-state index contributed by atoms with van der Waals surface area (Å²) in [5.74, 6) is 5.12. The van der Waals surface area contributed by atoms with Gasteiger partial charge in [-0.1, -0.05) is 30.0 Å². The molecule has 0 radical (unpaired) electrons. The molecule has 5 heteroatoms. The average molecular weight is 362 g/mol. The molecule has 0 spiro atoms. The standard InChI is InChI=1S/C22H22N2O3/c1-4-23-16(2)20(22(26)27-3)24-21(25)19-14-12-18(13-15-19)11-10-17-8-6-5-7-9-17/h5-9,12-15,23H,4H2,1-3H3,(H,24,25). The number of hydrogen-bond donors (Lipinski definition) is 2. The summed E-state index contributed by atoms with van der Waals surface area (Å²) >= 11 is 0. The van der Waals surface area contributed by atoms with Crippen LogP contribution < -0.4 is 10.6 Å². The molecule has 0 atom stereocenters. The summed E-state index contributed by atoms with van der Waals surface area (Å²) in [6.45, 7) is 4.23. The molecule has 0 aliphatic heterocycles. The number of rotatable bonds is 5. The molecule has 2 N–H and O–H groups in total. The van der Waals surface area contributed by atoms with Gasteiger partial charge in [0.2, 0.25) is 0 Å². The Labute approximate surface area is 159 Å². The molecule has 138 valence electrons. The first-order valence-corrected chi connectivity index (χ1v) is 8.56. The molecule has 2 aromatic carbocycles. The zero-order chi connectivity index (χ0) is 19.6. The Morgan fingerprint density at radius 3 is 2.11 bits per heavy atom. The van der Waals surface area contributed by atoms with E-state index < -0.39 is 11.9 Å². The van der Waals surface area contributed by atoms with Crippen molar-refractivity contribution in [3.05, 3.63) is 82.7 Å². The van der Waals surface area contributed by atoms with Crippen molar-refractivity contribution in [1.29, 1.82) is 0 Å². The summed E-state index contributed by atoms with van der Waals surface area (Å²) in [5.41, 5.74) is 2.78. The van der Waals surface area contributed by atoms with Gasteiger partial charge in [-0.2, -0.15) is 0 Å².